The number of benzene rings is 2. The summed E-state index contributed by atoms with van der Waals surface area (Å²) in [4.78, 5) is 0. The van der Waals surface area contributed by atoms with Gasteiger partial charge in [-0.05, 0) is 101 Å². The fourth-order valence-electron chi connectivity index (χ4n) is 6.04. The van der Waals surface area contributed by atoms with E-state index in [-0.39, 0.29) is 23.0 Å². The van der Waals surface area contributed by atoms with Gasteiger partial charge in [0.25, 0.3) is 0 Å². The number of halogens is 4. The third-order valence-corrected chi connectivity index (χ3v) is 9.21. The fraction of sp³-hybridized carbons (Fsp3) is 0.571. The van der Waals surface area contributed by atoms with Gasteiger partial charge in [0.2, 0.25) is 0 Å². The quantitative estimate of drug-likeness (QED) is 0.307. The van der Waals surface area contributed by atoms with Gasteiger partial charge in [-0.3, -0.25) is 0 Å². The Morgan fingerprint density at radius 1 is 0.694 bits per heavy atom. The number of hydrogen-bond donors (Lipinski definition) is 4. The van der Waals surface area contributed by atoms with Crippen molar-refractivity contribution in [1.82, 2.24) is 10.6 Å². The number of nitrogens with one attached hydrogen (secondary N) is 2. The minimum Gasteiger partial charge on any atom is -0.393 e. The van der Waals surface area contributed by atoms with Crippen molar-refractivity contribution in [1.29, 1.82) is 0 Å². The molecular formula is C28H38Cl4N2O2. The second-order valence-electron chi connectivity index (χ2n) is 10.4. The van der Waals surface area contributed by atoms with Gasteiger partial charge in [-0.25, -0.2) is 0 Å². The molecule has 8 heteroatoms. The van der Waals surface area contributed by atoms with Crippen molar-refractivity contribution < 1.29 is 10.2 Å². The lowest BCUT2D eigenvalue weighted by molar-refractivity contribution is 0.0841. The van der Waals surface area contributed by atoms with Gasteiger partial charge in [-0.1, -0.05) is 58.5 Å². The molecule has 2 aliphatic rings. The molecule has 2 aromatic carbocycles. The fourth-order valence-corrected chi connectivity index (χ4v) is 6.64. The van der Waals surface area contributed by atoms with Gasteiger partial charge in [-0.15, -0.1) is 0 Å². The summed E-state index contributed by atoms with van der Waals surface area (Å²) in [5, 5.41) is 28.8. The maximum atomic E-state index is 9.97. The Morgan fingerprint density at radius 3 is 1.39 bits per heavy atom. The molecule has 4 N–H and O–H groups in total. The van der Waals surface area contributed by atoms with E-state index in [0.29, 0.717) is 20.1 Å². The van der Waals surface area contributed by atoms with Crippen LogP contribution in [0.4, 0.5) is 0 Å². The molecule has 2 fully saturated rings. The van der Waals surface area contributed by atoms with E-state index in [1.165, 1.54) is 11.1 Å². The Balaban J connectivity index is 0.000000201. The normalized spacial score (nSPS) is 28.3. The van der Waals surface area contributed by atoms with Crippen LogP contribution in [-0.2, 0) is 10.8 Å². The number of hydrogen-bond acceptors (Lipinski definition) is 4. The SMILES string of the molecule is CNC[C@@]1(c2ccc(Cl)c(Cl)c2)CCC[C@H](O)C1.CNC[C@]1(c2ccc(Cl)c(Cl)c2)CCC[C@@H](O)C1. The lowest BCUT2D eigenvalue weighted by Crippen LogP contribution is -2.42. The summed E-state index contributed by atoms with van der Waals surface area (Å²) in [6.45, 7) is 1.70. The first kappa shape index (κ1) is 30.0. The highest BCUT2D eigenvalue weighted by Gasteiger charge is 2.38. The molecule has 0 saturated heterocycles. The first-order chi connectivity index (χ1) is 17.1. The van der Waals surface area contributed by atoms with Gasteiger partial charge in [0, 0.05) is 23.9 Å². The molecule has 0 unspecified atom stereocenters. The average Bonchev–Trinajstić information content (AvgIpc) is 2.83. The van der Waals surface area contributed by atoms with Crippen LogP contribution in [0.3, 0.4) is 0 Å². The topological polar surface area (TPSA) is 64.5 Å². The number of aliphatic hydroxyl groups excluding tert-OH is 2. The lowest BCUT2D eigenvalue weighted by atomic mass is 9.68. The van der Waals surface area contributed by atoms with E-state index in [0.717, 1.165) is 64.5 Å². The maximum Gasteiger partial charge on any atom is 0.0595 e. The van der Waals surface area contributed by atoms with Crippen LogP contribution >= 0.6 is 46.4 Å². The van der Waals surface area contributed by atoms with Gasteiger partial charge < -0.3 is 20.8 Å². The van der Waals surface area contributed by atoms with Gasteiger partial charge >= 0.3 is 0 Å². The summed E-state index contributed by atoms with van der Waals surface area (Å²) in [6.07, 6.45) is 7.15. The molecule has 0 aliphatic heterocycles. The second kappa shape index (κ2) is 13.5. The summed E-state index contributed by atoms with van der Waals surface area (Å²) in [5.74, 6) is 0. The van der Waals surface area contributed by atoms with Crippen molar-refractivity contribution in [2.75, 3.05) is 27.2 Å². The monoisotopic (exact) mass is 574 g/mol. The summed E-state index contributed by atoms with van der Waals surface area (Å²) in [6, 6.07) is 11.6. The van der Waals surface area contributed by atoms with Crippen molar-refractivity contribution in [3.8, 4) is 0 Å². The molecule has 4 nitrogen and oxygen atoms in total. The molecule has 0 spiro atoms. The predicted octanol–water partition coefficient (Wildman–Crippen LogP) is 6.77. The standard InChI is InChI=1S/2C14H19Cl2NO/c2*1-17-9-14(6-2-3-11(18)8-14)10-4-5-12(15)13(16)7-10/h2*4-5,7,11,17-18H,2-3,6,8-9H2,1H3/t2*11-,14+/m10/s1. The summed E-state index contributed by atoms with van der Waals surface area (Å²) in [7, 11) is 3.89. The highest BCUT2D eigenvalue weighted by atomic mass is 35.5. The van der Waals surface area contributed by atoms with E-state index < -0.39 is 0 Å². The third kappa shape index (κ3) is 7.30. The van der Waals surface area contributed by atoms with Crippen LogP contribution in [0.15, 0.2) is 36.4 Å². The van der Waals surface area contributed by atoms with Crippen molar-refractivity contribution >= 4 is 46.4 Å². The molecule has 2 aromatic rings. The van der Waals surface area contributed by atoms with E-state index in [1.54, 1.807) is 0 Å². The molecule has 0 aromatic heterocycles. The maximum absolute atomic E-state index is 9.97. The molecule has 2 saturated carbocycles. The lowest BCUT2D eigenvalue weighted by Gasteiger charge is -2.40. The van der Waals surface area contributed by atoms with Crippen molar-refractivity contribution in [3.63, 3.8) is 0 Å². The van der Waals surface area contributed by atoms with Gasteiger partial charge in [-0.2, -0.15) is 0 Å². The molecular weight excluding hydrogens is 538 g/mol. The van der Waals surface area contributed by atoms with Crippen molar-refractivity contribution in [2.24, 2.45) is 0 Å². The van der Waals surface area contributed by atoms with Gasteiger partial charge in [0.1, 0.15) is 0 Å². The largest absolute Gasteiger partial charge is 0.393 e. The molecule has 2 aliphatic carbocycles. The van der Waals surface area contributed by atoms with Crippen LogP contribution < -0.4 is 10.6 Å². The minimum atomic E-state index is -0.221. The third-order valence-electron chi connectivity index (χ3n) is 7.73. The molecule has 0 amide bonds. The van der Waals surface area contributed by atoms with Crippen molar-refractivity contribution in [2.45, 2.75) is 74.4 Å². The van der Waals surface area contributed by atoms with Crippen LogP contribution in [0, 0.1) is 0 Å². The Hall–Kier alpha value is -0.560. The predicted molar refractivity (Wildman–Crippen MR) is 153 cm³/mol. The van der Waals surface area contributed by atoms with E-state index in [2.05, 4.69) is 10.6 Å². The Bertz CT molecular complexity index is 920. The first-order valence-corrected chi connectivity index (χ1v) is 14.2. The number of rotatable bonds is 6. The van der Waals surface area contributed by atoms with Crippen LogP contribution in [0.5, 0.6) is 0 Å². The zero-order chi connectivity index (χ0) is 26.3. The van der Waals surface area contributed by atoms with Gasteiger partial charge in [0.15, 0.2) is 0 Å². The van der Waals surface area contributed by atoms with E-state index >= 15 is 0 Å². The molecule has 4 rings (SSSR count). The summed E-state index contributed by atoms with van der Waals surface area (Å²) >= 11 is 24.2. The first-order valence-electron chi connectivity index (χ1n) is 12.7. The number of aliphatic hydroxyl groups is 2. The molecule has 36 heavy (non-hydrogen) atoms. The van der Waals surface area contributed by atoms with Crippen LogP contribution in [0.2, 0.25) is 20.1 Å². The average molecular weight is 576 g/mol. The molecule has 0 bridgehead atoms. The zero-order valence-corrected chi connectivity index (χ0v) is 24.1. The zero-order valence-electron chi connectivity index (χ0n) is 21.1. The van der Waals surface area contributed by atoms with E-state index in [4.69, 9.17) is 46.4 Å². The molecule has 0 radical (unpaired) electrons. The Morgan fingerprint density at radius 2 is 1.08 bits per heavy atom. The summed E-state index contributed by atoms with van der Waals surface area (Å²) in [5.41, 5.74) is 2.29. The van der Waals surface area contributed by atoms with Crippen molar-refractivity contribution in [3.05, 3.63) is 67.6 Å². The number of likely N-dealkylation sites (N-methyl/N-ethyl adjacent to an activating group) is 2. The molecule has 200 valence electrons. The minimum absolute atomic E-state index is 0.0271. The van der Waals surface area contributed by atoms with Gasteiger partial charge in [0.05, 0.1) is 32.3 Å². The highest BCUT2D eigenvalue weighted by Crippen LogP contribution is 2.42. The van der Waals surface area contributed by atoms with Crippen LogP contribution in [-0.4, -0.2) is 49.6 Å². The van der Waals surface area contributed by atoms with E-state index in [1.807, 2.05) is 50.5 Å². The Labute approximate surface area is 235 Å². The Kier molecular flexibility index (Phi) is 11.2. The smallest absolute Gasteiger partial charge is 0.0595 e. The molecule has 4 atom stereocenters. The summed E-state index contributed by atoms with van der Waals surface area (Å²) < 4.78 is 0. The van der Waals surface area contributed by atoms with E-state index in [9.17, 15) is 10.2 Å². The highest BCUT2D eigenvalue weighted by molar-refractivity contribution is 6.42. The van der Waals surface area contributed by atoms with Crippen LogP contribution in [0.1, 0.15) is 62.5 Å². The van der Waals surface area contributed by atoms with Crippen LogP contribution in [0.25, 0.3) is 0 Å². The second-order valence-corrected chi connectivity index (χ2v) is 12.0. The molecule has 0 heterocycles.